The van der Waals surface area contributed by atoms with Gasteiger partial charge in [0.2, 0.25) is 0 Å². The number of hydrogen-bond acceptors (Lipinski definition) is 3. The topological polar surface area (TPSA) is 59.3 Å². The molecule has 4 rings (SSSR count). The van der Waals surface area contributed by atoms with E-state index < -0.39 is 0 Å². The minimum absolute atomic E-state index is 0.305. The lowest BCUT2D eigenvalue weighted by Crippen LogP contribution is -2.17. The van der Waals surface area contributed by atoms with Crippen molar-refractivity contribution in [2.45, 2.75) is 13.5 Å². The molecule has 1 N–H and O–H groups in total. The summed E-state index contributed by atoms with van der Waals surface area (Å²) in [6.45, 7) is 2.85. The molecular weight excluding hydrogens is 428 g/mol. The van der Waals surface area contributed by atoms with Crippen molar-refractivity contribution in [3.63, 3.8) is 0 Å². The molecule has 4 aromatic rings. The fraction of sp³-hybridized carbons (Fsp3) is 0.0870. The molecule has 144 valence electrons. The molecule has 0 aliphatic heterocycles. The second-order valence-corrected chi connectivity index (χ2v) is 7.59. The molecule has 6 heteroatoms. The third-order valence-electron chi connectivity index (χ3n) is 4.79. The van der Waals surface area contributed by atoms with Crippen LogP contribution in [-0.4, -0.2) is 21.7 Å². The first-order chi connectivity index (χ1) is 14.1. The van der Waals surface area contributed by atoms with Crippen molar-refractivity contribution in [1.29, 1.82) is 0 Å². The number of pyridine rings is 1. The van der Waals surface area contributed by atoms with E-state index in [0.717, 1.165) is 33.2 Å². The number of benzene rings is 2. The molecule has 2 aromatic carbocycles. The maximum atomic E-state index is 12.3. The van der Waals surface area contributed by atoms with Crippen LogP contribution in [0.4, 0.5) is 0 Å². The Hall–Kier alpha value is -3.25. The number of carbonyl (C=O) groups excluding carboxylic acids is 1. The number of aromatic nitrogens is 2. The number of fused-ring (bicyclic) bond motifs is 1. The van der Waals surface area contributed by atoms with Crippen LogP contribution in [0, 0.1) is 6.92 Å². The van der Waals surface area contributed by atoms with E-state index in [1.165, 1.54) is 11.8 Å². The fourth-order valence-corrected chi connectivity index (χ4v) is 3.71. The number of carbonyl (C=O) groups is 1. The summed E-state index contributed by atoms with van der Waals surface area (Å²) in [7, 11) is 0. The molecular formula is C23H19BrN4O. The van der Waals surface area contributed by atoms with Crippen LogP contribution in [0.3, 0.4) is 0 Å². The van der Waals surface area contributed by atoms with Crippen molar-refractivity contribution in [2.75, 3.05) is 0 Å². The summed E-state index contributed by atoms with van der Waals surface area (Å²) < 4.78 is 3.01. The minimum Gasteiger partial charge on any atom is -0.340 e. The van der Waals surface area contributed by atoms with E-state index >= 15 is 0 Å². The average Bonchev–Trinajstić information content (AvgIpc) is 3.00. The summed E-state index contributed by atoms with van der Waals surface area (Å²) in [5.74, 6) is -0.305. The molecule has 29 heavy (non-hydrogen) atoms. The lowest BCUT2D eigenvalue weighted by molar-refractivity contribution is 0.0954. The van der Waals surface area contributed by atoms with E-state index in [1.54, 1.807) is 18.5 Å². The maximum absolute atomic E-state index is 12.3. The van der Waals surface area contributed by atoms with Crippen molar-refractivity contribution in [1.82, 2.24) is 15.0 Å². The SMILES string of the molecule is Cc1c(/C=N/NC(=O)c2cncc(Br)c2)c2ccccc2n1Cc1ccccc1. The summed E-state index contributed by atoms with van der Waals surface area (Å²) in [6.07, 6.45) is 4.85. The number of para-hydroxylation sites is 1. The smallest absolute Gasteiger partial charge is 0.272 e. The predicted octanol–water partition coefficient (Wildman–Crippen LogP) is 4.92. The number of hydrogen-bond donors (Lipinski definition) is 1. The maximum Gasteiger partial charge on any atom is 0.272 e. The van der Waals surface area contributed by atoms with Gasteiger partial charge in [0.05, 0.1) is 11.8 Å². The zero-order chi connectivity index (χ0) is 20.2. The first-order valence-corrected chi connectivity index (χ1v) is 9.98. The molecule has 0 saturated carbocycles. The first-order valence-electron chi connectivity index (χ1n) is 9.19. The highest BCUT2D eigenvalue weighted by atomic mass is 79.9. The van der Waals surface area contributed by atoms with Crippen LogP contribution in [0.15, 0.2) is 82.6 Å². The van der Waals surface area contributed by atoms with Gasteiger partial charge in [-0.1, -0.05) is 48.5 Å². The van der Waals surface area contributed by atoms with Crippen molar-refractivity contribution in [3.05, 3.63) is 99.9 Å². The molecule has 0 aliphatic carbocycles. The molecule has 5 nitrogen and oxygen atoms in total. The Kier molecular flexibility index (Phi) is 5.53. The number of amides is 1. The average molecular weight is 447 g/mol. The third-order valence-corrected chi connectivity index (χ3v) is 5.22. The van der Waals surface area contributed by atoms with E-state index in [1.807, 2.05) is 30.3 Å². The molecule has 0 atom stereocenters. The van der Waals surface area contributed by atoms with Gasteiger partial charge in [-0.2, -0.15) is 5.10 Å². The van der Waals surface area contributed by atoms with Crippen molar-refractivity contribution in [3.8, 4) is 0 Å². The molecule has 1 amide bonds. The number of halogens is 1. The molecule has 0 aliphatic rings. The lowest BCUT2D eigenvalue weighted by atomic mass is 10.1. The standard InChI is InChI=1S/C23H19BrN4O/c1-16-21(14-26-27-23(29)18-11-19(24)13-25-12-18)20-9-5-6-10-22(20)28(16)15-17-7-3-2-4-8-17/h2-14H,15H2,1H3,(H,27,29)/b26-14+. The second-order valence-electron chi connectivity index (χ2n) is 6.68. The number of rotatable bonds is 5. The number of hydrazone groups is 1. The Morgan fingerprint density at radius 3 is 2.69 bits per heavy atom. The fourth-order valence-electron chi connectivity index (χ4n) is 3.35. The van der Waals surface area contributed by atoms with Crippen molar-refractivity contribution >= 4 is 39.0 Å². The molecule has 2 heterocycles. The van der Waals surface area contributed by atoms with Gasteiger partial charge in [-0.15, -0.1) is 0 Å². The van der Waals surface area contributed by atoms with Gasteiger partial charge < -0.3 is 4.57 Å². The zero-order valence-corrected chi connectivity index (χ0v) is 17.4. The van der Waals surface area contributed by atoms with Crippen LogP contribution >= 0.6 is 15.9 Å². The predicted molar refractivity (Wildman–Crippen MR) is 119 cm³/mol. The first kappa shape index (κ1) is 19.1. The van der Waals surface area contributed by atoms with Crippen LogP contribution < -0.4 is 5.43 Å². The normalized spacial score (nSPS) is 11.2. The summed E-state index contributed by atoms with van der Waals surface area (Å²) in [4.78, 5) is 16.3. The Balaban J connectivity index is 1.63. The molecule has 0 fully saturated rings. The lowest BCUT2D eigenvalue weighted by Gasteiger charge is -2.08. The second kappa shape index (κ2) is 8.41. The van der Waals surface area contributed by atoms with E-state index in [4.69, 9.17) is 0 Å². The van der Waals surface area contributed by atoms with Crippen molar-refractivity contribution in [2.24, 2.45) is 5.10 Å². The highest BCUT2D eigenvalue weighted by Crippen LogP contribution is 2.25. The van der Waals surface area contributed by atoms with Crippen LogP contribution in [0.2, 0.25) is 0 Å². The zero-order valence-electron chi connectivity index (χ0n) is 15.8. The summed E-state index contributed by atoms with van der Waals surface area (Å²) in [6, 6.07) is 20.3. The molecule has 0 unspecified atom stereocenters. The number of nitrogens with one attached hydrogen (secondary N) is 1. The Morgan fingerprint density at radius 1 is 1.14 bits per heavy atom. The van der Waals surface area contributed by atoms with Gasteiger partial charge in [0.15, 0.2) is 0 Å². The monoisotopic (exact) mass is 446 g/mol. The van der Waals surface area contributed by atoms with E-state index in [-0.39, 0.29) is 5.91 Å². The van der Waals surface area contributed by atoms with E-state index in [9.17, 15) is 4.79 Å². The molecule has 0 radical (unpaired) electrons. The van der Waals surface area contributed by atoms with Crippen LogP contribution in [0.5, 0.6) is 0 Å². The van der Waals surface area contributed by atoms with Gasteiger partial charge >= 0.3 is 0 Å². The quantitative estimate of drug-likeness (QED) is 0.349. The molecule has 0 bridgehead atoms. The minimum atomic E-state index is -0.305. The Labute approximate surface area is 177 Å². The third kappa shape index (κ3) is 4.12. The highest BCUT2D eigenvalue weighted by Gasteiger charge is 2.13. The van der Waals surface area contributed by atoms with Gasteiger partial charge in [-0.25, -0.2) is 5.43 Å². The van der Waals surface area contributed by atoms with Crippen LogP contribution in [0.1, 0.15) is 27.2 Å². The highest BCUT2D eigenvalue weighted by molar-refractivity contribution is 9.10. The van der Waals surface area contributed by atoms with Crippen molar-refractivity contribution < 1.29 is 4.79 Å². The van der Waals surface area contributed by atoms with Gasteiger partial charge in [0.1, 0.15) is 0 Å². The van der Waals surface area contributed by atoms with E-state index in [0.29, 0.717) is 5.56 Å². The largest absolute Gasteiger partial charge is 0.340 e. The molecule has 0 spiro atoms. The summed E-state index contributed by atoms with van der Waals surface area (Å²) in [5.41, 5.74) is 7.48. The van der Waals surface area contributed by atoms with Gasteiger partial charge in [-0.05, 0) is 40.5 Å². The van der Waals surface area contributed by atoms with Crippen LogP contribution in [-0.2, 0) is 6.54 Å². The Bertz CT molecular complexity index is 1200. The molecule has 2 aromatic heterocycles. The van der Waals surface area contributed by atoms with Gasteiger partial charge in [-0.3, -0.25) is 9.78 Å². The Morgan fingerprint density at radius 2 is 1.90 bits per heavy atom. The number of nitrogens with zero attached hydrogens (tertiary/aromatic N) is 3. The van der Waals surface area contributed by atoms with E-state index in [2.05, 4.69) is 67.2 Å². The summed E-state index contributed by atoms with van der Waals surface area (Å²) in [5, 5.41) is 5.30. The van der Waals surface area contributed by atoms with Gasteiger partial charge in [0, 0.05) is 45.6 Å². The molecule has 0 saturated heterocycles. The van der Waals surface area contributed by atoms with Crippen LogP contribution in [0.25, 0.3) is 10.9 Å². The summed E-state index contributed by atoms with van der Waals surface area (Å²) >= 11 is 3.32. The van der Waals surface area contributed by atoms with Gasteiger partial charge in [0.25, 0.3) is 5.91 Å².